The number of ether oxygens (including phenoxy) is 1. The second-order valence-electron chi connectivity index (χ2n) is 5.27. The smallest absolute Gasteiger partial charge is 0.293 e. The van der Waals surface area contributed by atoms with Gasteiger partial charge in [0, 0.05) is 13.2 Å². The van der Waals surface area contributed by atoms with Crippen molar-refractivity contribution in [2.45, 2.75) is 26.3 Å². The molecule has 0 unspecified atom stereocenters. The lowest BCUT2D eigenvalue weighted by Crippen LogP contribution is -2.36. The van der Waals surface area contributed by atoms with E-state index in [-0.39, 0.29) is 10.6 Å². The summed E-state index contributed by atoms with van der Waals surface area (Å²) >= 11 is 1.45. The molecule has 20 heavy (non-hydrogen) atoms. The summed E-state index contributed by atoms with van der Waals surface area (Å²) in [6.45, 7) is 6.18. The van der Waals surface area contributed by atoms with Gasteiger partial charge in [-0.05, 0) is 26.8 Å². The molecule has 1 N–H and O–H groups in total. The first-order valence-electron chi connectivity index (χ1n) is 6.15. The van der Waals surface area contributed by atoms with E-state index in [2.05, 4.69) is 10.3 Å². The molecule has 2 aromatic rings. The number of nitrogens with zero attached hydrogens (tertiary/aromatic N) is 2. The summed E-state index contributed by atoms with van der Waals surface area (Å²) in [6, 6.07) is 3.31. The van der Waals surface area contributed by atoms with E-state index in [9.17, 15) is 10.1 Å². The quantitative estimate of drug-likeness (QED) is 0.676. The van der Waals surface area contributed by atoms with Gasteiger partial charge in [-0.1, -0.05) is 0 Å². The molecule has 0 fully saturated rings. The topological polar surface area (TPSA) is 77.3 Å². The van der Waals surface area contributed by atoms with Crippen LogP contribution >= 0.6 is 11.3 Å². The molecule has 0 bridgehead atoms. The monoisotopic (exact) mass is 295 g/mol. The number of nitrogens with one attached hydrogen (secondary N) is 1. The van der Waals surface area contributed by atoms with Crippen molar-refractivity contribution in [3.63, 3.8) is 0 Å². The van der Waals surface area contributed by atoms with Crippen LogP contribution in [-0.4, -0.2) is 29.2 Å². The van der Waals surface area contributed by atoms with Crippen molar-refractivity contribution in [2.75, 3.05) is 19.0 Å². The Labute approximate surface area is 120 Å². The Morgan fingerprint density at radius 2 is 2.20 bits per heavy atom. The molecule has 0 aliphatic rings. The zero-order valence-corrected chi connectivity index (χ0v) is 12.7. The third-order valence-electron chi connectivity index (χ3n) is 2.79. The van der Waals surface area contributed by atoms with Crippen molar-refractivity contribution in [1.29, 1.82) is 0 Å². The van der Waals surface area contributed by atoms with E-state index in [1.54, 1.807) is 19.2 Å². The van der Waals surface area contributed by atoms with Crippen molar-refractivity contribution in [2.24, 2.45) is 0 Å². The third kappa shape index (κ3) is 3.05. The Hall–Kier alpha value is -1.73. The summed E-state index contributed by atoms with van der Waals surface area (Å²) in [7, 11) is 1.60. The van der Waals surface area contributed by atoms with Gasteiger partial charge in [0.1, 0.15) is 5.69 Å². The van der Waals surface area contributed by atoms with Gasteiger partial charge < -0.3 is 10.1 Å². The summed E-state index contributed by atoms with van der Waals surface area (Å²) in [6.07, 6.45) is 0. The summed E-state index contributed by atoms with van der Waals surface area (Å²) < 4.78 is 5.95. The molecular formula is C13H17N3O3S. The first kappa shape index (κ1) is 14.7. The molecule has 0 saturated carbocycles. The fraction of sp³-hybridized carbons (Fsp3) is 0.462. The molecule has 7 heteroatoms. The second kappa shape index (κ2) is 5.34. The van der Waals surface area contributed by atoms with E-state index < -0.39 is 5.54 Å². The summed E-state index contributed by atoms with van der Waals surface area (Å²) in [5.74, 6) is 0. The molecule has 2 rings (SSSR count). The van der Waals surface area contributed by atoms with Crippen molar-refractivity contribution < 1.29 is 9.66 Å². The Kier molecular flexibility index (Phi) is 3.92. The molecule has 0 atom stereocenters. The highest BCUT2D eigenvalue weighted by Crippen LogP contribution is 2.34. The normalized spacial score (nSPS) is 11.8. The predicted molar refractivity (Wildman–Crippen MR) is 80.6 cm³/mol. The maximum atomic E-state index is 11.2. The fourth-order valence-corrected chi connectivity index (χ4v) is 2.93. The predicted octanol–water partition coefficient (Wildman–Crippen LogP) is 3.35. The third-order valence-corrected chi connectivity index (χ3v) is 3.72. The van der Waals surface area contributed by atoms with Crippen LogP contribution in [0.4, 0.5) is 11.4 Å². The standard InChI is InChI=1S/C13H17N3O3S/c1-8-14-10-5-9(15-13(2,3)7-19-4)11(16(17)18)6-12(10)20-8/h5-6,15H,7H2,1-4H3. The van der Waals surface area contributed by atoms with Crippen LogP contribution in [0, 0.1) is 17.0 Å². The number of fused-ring (bicyclic) bond motifs is 1. The number of benzene rings is 1. The first-order valence-corrected chi connectivity index (χ1v) is 6.97. The maximum Gasteiger partial charge on any atom is 0.293 e. The van der Waals surface area contributed by atoms with E-state index in [1.165, 1.54) is 11.3 Å². The molecule has 0 amide bonds. The molecule has 0 radical (unpaired) electrons. The van der Waals surface area contributed by atoms with Crippen LogP contribution in [0.1, 0.15) is 18.9 Å². The van der Waals surface area contributed by atoms with Gasteiger partial charge in [0.05, 0.1) is 32.3 Å². The fourth-order valence-electron chi connectivity index (χ4n) is 2.09. The minimum absolute atomic E-state index is 0.0605. The van der Waals surface area contributed by atoms with Gasteiger partial charge in [-0.25, -0.2) is 4.98 Å². The van der Waals surface area contributed by atoms with Gasteiger partial charge in [-0.2, -0.15) is 0 Å². The van der Waals surface area contributed by atoms with Gasteiger partial charge >= 0.3 is 0 Å². The molecule has 108 valence electrons. The molecule has 0 aliphatic heterocycles. The summed E-state index contributed by atoms with van der Waals surface area (Å²) in [4.78, 5) is 15.2. The van der Waals surface area contributed by atoms with Gasteiger partial charge in [0.25, 0.3) is 5.69 Å². The highest BCUT2D eigenvalue weighted by atomic mass is 32.1. The number of aromatic nitrogens is 1. The lowest BCUT2D eigenvalue weighted by molar-refractivity contribution is -0.383. The van der Waals surface area contributed by atoms with Crippen LogP contribution < -0.4 is 5.32 Å². The van der Waals surface area contributed by atoms with Crippen molar-refractivity contribution in [3.05, 3.63) is 27.3 Å². The van der Waals surface area contributed by atoms with E-state index in [4.69, 9.17) is 4.74 Å². The number of methoxy groups -OCH3 is 1. The van der Waals surface area contributed by atoms with Gasteiger partial charge in [-0.3, -0.25) is 10.1 Å². The van der Waals surface area contributed by atoms with E-state index >= 15 is 0 Å². The Morgan fingerprint density at radius 1 is 1.50 bits per heavy atom. The van der Waals surface area contributed by atoms with Crippen LogP contribution in [0.3, 0.4) is 0 Å². The minimum atomic E-state index is -0.405. The largest absolute Gasteiger partial charge is 0.382 e. The number of hydrogen-bond acceptors (Lipinski definition) is 6. The van der Waals surface area contributed by atoms with Crippen LogP contribution in [0.15, 0.2) is 12.1 Å². The van der Waals surface area contributed by atoms with Gasteiger partial charge in [0.2, 0.25) is 0 Å². The van der Waals surface area contributed by atoms with Gasteiger partial charge in [0.15, 0.2) is 0 Å². The number of thiazole rings is 1. The molecule has 1 aromatic heterocycles. The molecule has 0 spiro atoms. The summed E-state index contributed by atoms with van der Waals surface area (Å²) in [5.41, 5.74) is 0.895. The van der Waals surface area contributed by atoms with E-state index in [1.807, 2.05) is 20.8 Å². The van der Waals surface area contributed by atoms with Crippen molar-refractivity contribution in [3.8, 4) is 0 Å². The average Bonchev–Trinajstić information content (AvgIpc) is 2.66. The molecule has 1 aromatic carbocycles. The Bertz CT molecular complexity index is 652. The Morgan fingerprint density at radius 3 is 2.80 bits per heavy atom. The molecular weight excluding hydrogens is 278 g/mol. The van der Waals surface area contributed by atoms with Crippen molar-refractivity contribution in [1.82, 2.24) is 4.98 Å². The van der Waals surface area contributed by atoms with Crippen LogP contribution in [0.5, 0.6) is 0 Å². The molecule has 1 heterocycles. The SMILES string of the molecule is COCC(C)(C)Nc1cc2nc(C)sc2cc1[N+](=O)[O-]. The zero-order chi connectivity index (χ0) is 14.9. The first-order chi connectivity index (χ1) is 9.32. The van der Waals surface area contributed by atoms with E-state index in [0.29, 0.717) is 12.3 Å². The molecule has 0 aliphatic carbocycles. The zero-order valence-electron chi connectivity index (χ0n) is 11.9. The number of nitro benzene ring substituents is 1. The van der Waals surface area contributed by atoms with Crippen LogP contribution in [0.2, 0.25) is 0 Å². The second-order valence-corrected chi connectivity index (χ2v) is 6.50. The average molecular weight is 295 g/mol. The lowest BCUT2D eigenvalue weighted by atomic mass is 10.1. The minimum Gasteiger partial charge on any atom is -0.382 e. The number of anilines is 1. The lowest BCUT2D eigenvalue weighted by Gasteiger charge is -2.26. The highest BCUT2D eigenvalue weighted by molar-refractivity contribution is 7.18. The van der Waals surface area contributed by atoms with E-state index in [0.717, 1.165) is 15.2 Å². The molecule has 6 nitrogen and oxygen atoms in total. The van der Waals surface area contributed by atoms with Gasteiger partial charge in [-0.15, -0.1) is 11.3 Å². The number of rotatable bonds is 5. The molecule has 0 saturated heterocycles. The van der Waals surface area contributed by atoms with Crippen LogP contribution in [-0.2, 0) is 4.74 Å². The number of hydrogen-bond donors (Lipinski definition) is 1. The Balaban J connectivity index is 2.49. The maximum absolute atomic E-state index is 11.2. The summed E-state index contributed by atoms with van der Waals surface area (Å²) in [5, 5.41) is 15.3. The highest BCUT2D eigenvalue weighted by Gasteiger charge is 2.24. The number of aryl methyl sites for hydroxylation is 1. The van der Waals surface area contributed by atoms with Crippen LogP contribution in [0.25, 0.3) is 10.2 Å². The number of nitro groups is 1. The van der Waals surface area contributed by atoms with Crippen molar-refractivity contribution >= 4 is 32.9 Å².